The van der Waals surface area contributed by atoms with E-state index in [0.29, 0.717) is 25.0 Å². The highest BCUT2D eigenvalue weighted by Crippen LogP contribution is 2.60. The van der Waals surface area contributed by atoms with Gasteiger partial charge in [0, 0.05) is 26.1 Å². The van der Waals surface area contributed by atoms with Crippen molar-refractivity contribution in [3.8, 4) is 0 Å². The number of ether oxygens (including phenoxy) is 2. The van der Waals surface area contributed by atoms with E-state index >= 15 is 0 Å². The molecule has 23 heavy (non-hydrogen) atoms. The largest absolute Gasteiger partial charge is 0.382 e. The third kappa shape index (κ3) is 3.05. The molecule has 0 radical (unpaired) electrons. The van der Waals surface area contributed by atoms with Crippen molar-refractivity contribution in [2.24, 2.45) is 29.1 Å². The number of amides is 1. The van der Waals surface area contributed by atoms with E-state index in [0.717, 1.165) is 43.9 Å². The van der Waals surface area contributed by atoms with Crippen LogP contribution in [0.15, 0.2) is 0 Å². The molecule has 1 heterocycles. The van der Waals surface area contributed by atoms with E-state index in [1.165, 1.54) is 38.5 Å². The van der Waals surface area contributed by atoms with E-state index in [1.54, 1.807) is 7.11 Å². The van der Waals surface area contributed by atoms with Gasteiger partial charge >= 0.3 is 0 Å². The van der Waals surface area contributed by atoms with Crippen LogP contribution in [-0.2, 0) is 14.3 Å². The third-order valence-electron chi connectivity index (χ3n) is 6.85. The summed E-state index contributed by atoms with van der Waals surface area (Å²) in [6.45, 7) is 3.94. The minimum atomic E-state index is 0.0283. The van der Waals surface area contributed by atoms with Crippen LogP contribution in [0, 0.1) is 29.1 Å². The number of hydrogen-bond acceptors (Lipinski definition) is 3. The topological polar surface area (TPSA) is 38.8 Å². The van der Waals surface area contributed by atoms with Crippen molar-refractivity contribution in [1.29, 1.82) is 0 Å². The first kappa shape index (κ1) is 15.9. The number of carbonyl (C=O) groups is 1. The Balaban J connectivity index is 1.33. The fourth-order valence-corrected chi connectivity index (χ4v) is 6.25. The fourth-order valence-electron chi connectivity index (χ4n) is 6.25. The van der Waals surface area contributed by atoms with Gasteiger partial charge < -0.3 is 14.4 Å². The summed E-state index contributed by atoms with van der Waals surface area (Å²) in [5, 5.41) is 0. The number of rotatable bonds is 6. The van der Waals surface area contributed by atoms with Crippen LogP contribution >= 0.6 is 0 Å². The molecule has 5 aliphatic rings. The summed E-state index contributed by atoms with van der Waals surface area (Å²) in [4.78, 5) is 15.5. The molecular weight excluding hydrogens is 290 g/mol. The van der Waals surface area contributed by atoms with Crippen LogP contribution in [0.25, 0.3) is 0 Å². The number of hydrogen-bond donors (Lipinski definition) is 0. The Hall–Kier alpha value is -0.610. The summed E-state index contributed by atoms with van der Waals surface area (Å²) >= 11 is 0. The molecule has 4 nitrogen and oxygen atoms in total. The lowest BCUT2D eigenvalue weighted by Crippen LogP contribution is -2.54. The summed E-state index contributed by atoms with van der Waals surface area (Å²) in [6.07, 6.45) is 8.87. The second-order valence-corrected chi connectivity index (χ2v) is 8.67. The molecule has 1 saturated heterocycles. The molecule has 4 aliphatic carbocycles. The average Bonchev–Trinajstić information content (AvgIpc) is 2.98. The highest BCUT2D eigenvalue weighted by Gasteiger charge is 2.55. The normalized spacial score (nSPS) is 41.7. The standard InChI is InChI=1S/C19H31NO3/c1-22-4-5-23-13-14-2-3-20(12-14)18(21)19-9-15-6-16(10-19)8-17(7-15)11-19/h14-17H,2-13H2,1H3/t14-,15?,16?,17?,19?/m0/s1. The van der Waals surface area contributed by atoms with Crippen LogP contribution in [0.5, 0.6) is 0 Å². The van der Waals surface area contributed by atoms with Crippen LogP contribution in [-0.4, -0.2) is 50.8 Å². The SMILES string of the molecule is COCCOC[C@H]1CCN(C(=O)C23CC4CC(CC(C4)C2)C3)C1. The first-order valence-corrected chi connectivity index (χ1v) is 9.54. The van der Waals surface area contributed by atoms with Crippen molar-refractivity contribution < 1.29 is 14.3 Å². The van der Waals surface area contributed by atoms with Crippen molar-refractivity contribution in [1.82, 2.24) is 4.90 Å². The van der Waals surface area contributed by atoms with Gasteiger partial charge in [-0.1, -0.05) is 0 Å². The molecule has 1 aliphatic heterocycles. The van der Waals surface area contributed by atoms with Crippen molar-refractivity contribution in [3.63, 3.8) is 0 Å². The first-order valence-electron chi connectivity index (χ1n) is 9.54. The zero-order valence-electron chi connectivity index (χ0n) is 14.5. The highest BCUT2D eigenvalue weighted by atomic mass is 16.5. The monoisotopic (exact) mass is 321 g/mol. The Labute approximate surface area is 139 Å². The molecule has 5 fully saturated rings. The number of likely N-dealkylation sites (tertiary alicyclic amines) is 1. The van der Waals surface area contributed by atoms with Gasteiger partial charge in [-0.15, -0.1) is 0 Å². The van der Waals surface area contributed by atoms with E-state index in [4.69, 9.17) is 9.47 Å². The maximum absolute atomic E-state index is 13.3. The van der Waals surface area contributed by atoms with E-state index in [1.807, 2.05) is 0 Å². The predicted octanol–water partition coefficient (Wildman–Crippen LogP) is 2.71. The van der Waals surface area contributed by atoms with E-state index in [-0.39, 0.29) is 5.41 Å². The number of methoxy groups -OCH3 is 1. The Bertz CT molecular complexity index is 415. The Morgan fingerprint density at radius 3 is 2.35 bits per heavy atom. The van der Waals surface area contributed by atoms with Crippen molar-refractivity contribution in [2.75, 3.05) is 40.0 Å². The van der Waals surface area contributed by atoms with Gasteiger partial charge in [-0.2, -0.15) is 0 Å². The van der Waals surface area contributed by atoms with Crippen LogP contribution in [0.3, 0.4) is 0 Å². The molecule has 5 rings (SSSR count). The molecular formula is C19H31NO3. The summed E-state index contributed by atoms with van der Waals surface area (Å²) in [5.74, 6) is 3.56. The van der Waals surface area contributed by atoms with E-state index < -0.39 is 0 Å². The maximum Gasteiger partial charge on any atom is 0.228 e. The zero-order chi connectivity index (χ0) is 15.9. The Morgan fingerprint density at radius 2 is 1.74 bits per heavy atom. The van der Waals surface area contributed by atoms with Gasteiger partial charge in [-0.25, -0.2) is 0 Å². The quantitative estimate of drug-likeness (QED) is 0.706. The van der Waals surface area contributed by atoms with Crippen LogP contribution in [0.2, 0.25) is 0 Å². The molecule has 4 heteroatoms. The van der Waals surface area contributed by atoms with Crippen molar-refractivity contribution >= 4 is 5.91 Å². The summed E-state index contributed by atoms with van der Waals surface area (Å²) < 4.78 is 10.7. The zero-order valence-corrected chi connectivity index (χ0v) is 14.5. The second kappa shape index (κ2) is 6.36. The average molecular weight is 321 g/mol. The Morgan fingerprint density at radius 1 is 1.09 bits per heavy atom. The molecule has 1 amide bonds. The molecule has 4 saturated carbocycles. The van der Waals surface area contributed by atoms with E-state index in [9.17, 15) is 4.79 Å². The number of carbonyl (C=O) groups excluding carboxylic acids is 1. The van der Waals surface area contributed by atoms with Crippen molar-refractivity contribution in [2.45, 2.75) is 44.9 Å². The second-order valence-electron chi connectivity index (χ2n) is 8.67. The summed E-state index contributed by atoms with van der Waals surface area (Å²) in [5.41, 5.74) is 0.0283. The maximum atomic E-state index is 13.3. The highest BCUT2D eigenvalue weighted by molar-refractivity contribution is 5.83. The lowest BCUT2D eigenvalue weighted by atomic mass is 9.49. The minimum Gasteiger partial charge on any atom is -0.382 e. The lowest BCUT2D eigenvalue weighted by molar-refractivity contribution is -0.156. The Kier molecular flexibility index (Phi) is 4.39. The molecule has 0 aromatic rings. The van der Waals surface area contributed by atoms with Gasteiger partial charge in [0.15, 0.2) is 0 Å². The van der Waals surface area contributed by atoms with Gasteiger partial charge in [0.1, 0.15) is 0 Å². The molecule has 0 spiro atoms. The van der Waals surface area contributed by atoms with Gasteiger partial charge in [-0.3, -0.25) is 4.79 Å². The van der Waals surface area contributed by atoms with Crippen molar-refractivity contribution in [3.05, 3.63) is 0 Å². The molecule has 0 unspecified atom stereocenters. The molecule has 0 aromatic heterocycles. The van der Waals surface area contributed by atoms with Crippen LogP contribution < -0.4 is 0 Å². The molecule has 4 bridgehead atoms. The van der Waals surface area contributed by atoms with Crippen LogP contribution in [0.1, 0.15) is 44.9 Å². The third-order valence-corrected chi connectivity index (χ3v) is 6.85. The molecule has 130 valence electrons. The smallest absolute Gasteiger partial charge is 0.228 e. The molecule has 1 atom stereocenters. The fraction of sp³-hybridized carbons (Fsp3) is 0.947. The molecule has 0 aromatic carbocycles. The van der Waals surface area contributed by atoms with Gasteiger partial charge in [-0.05, 0) is 62.7 Å². The van der Waals surface area contributed by atoms with Gasteiger partial charge in [0.05, 0.1) is 25.2 Å². The summed E-state index contributed by atoms with van der Waals surface area (Å²) in [6, 6.07) is 0. The summed E-state index contributed by atoms with van der Waals surface area (Å²) in [7, 11) is 1.70. The predicted molar refractivity (Wildman–Crippen MR) is 88.0 cm³/mol. The van der Waals surface area contributed by atoms with Gasteiger partial charge in [0.25, 0.3) is 0 Å². The lowest BCUT2D eigenvalue weighted by Gasteiger charge is -2.56. The number of nitrogens with zero attached hydrogens (tertiary/aromatic N) is 1. The van der Waals surface area contributed by atoms with E-state index in [2.05, 4.69) is 4.90 Å². The first-order chi connectivity index (χ1) is 11.2. The minimum absolute atomic E-state index is 0.0283. The van der Waals surface area contributed by atoms with Gasteiger partial charge in [0.2, 0.25) is 5.91 Å². The molecule has 0 N–H and O–H groups in total. The van der Waals surface area contributed by atoms with Crippen LogP contribution in [0.4, 0.5) is 0 Å².